The molecule has 0 amide bonds. The smallest absolute Gasteiger partial charge is 0.310 e. The molecule has 0 bridgehead atoms. The van der Waals surface area contributed by atoms with Gasteiger partial charge in [0.2, 0.25) is 0 Å². The lowest BCUT2D eigenvalue weighted by Crippen LogP contribution is -2.16. The van der Waals surface area contributed by atoms with Crippen LogP contribution < -0.4 is 0 Å². The van der Waals surface area contributed by atoms with Crippen LogP contribution in [0, 0.1) is 0 Å². The number of hydrogen-bond donors (Lipinski definition) is 0. The second-order valence-electron chi connectivity index (χ2n) is 6.52. The number of benzene rings is 1. The van der Waals surface area contributed by atoms with Gasteiger partial charge in [-0.25, -0.2) is 0 Å². The maximum Gasteiger partial charge on any atom is 0.310 e. The molecule has 0 aliphatic rings. The zero-order valence-corrected chi connectivity index (χ0v) is 15.8. The fourth-order valence-electron chi connectivity index (χ4n) is 2.73. The number of hydrogen-bond acceptors (Lipinski definition) is 4. The van der Waals surface area contributed by atoms with Gasteiger partial charge in [-0.3, -0.25) is 9.59 Å². The largest absolute Gasteiger partial charge is 0.466 e. The van der Waals surface area contributed by atoms with E-state index >= 15 is 0 Å². The molecule has 0 atom stereocenters. The number of esters is 2. The van der Waals surface area contributed by atoms with Crippen LogP contribution in [0.3, 0.4) is 0 Å². The molecule has 1 aromatic carbocycles. The van der Waals surface area contributed by atoms with Crippen LogP contribution in [0.1, 0.15) is 75.6 Å². The summed E-state index contributed by atoms with van der Waals surface area (Å²) in [7, 11) is 0. The summed E-state index contributed by atoms with van der Waals surface area (Å²) in [6.07, 6.45) is 0.372. The molecule has 0 unspecified atom stereocenters. The zero-order chi connectivity index (χ0) is 18.3. The lowest BCUT2D eigenvalue weighted by atomic mass is 9.86. The number of rotatable bonds is 8. The van der Waals surface area contributed by atoms with Crippen LogP contribution in [0.5, 0.6) is 0 Å². The van der Waals surface area contributed by atoms with Crippen LogP contribution in [-0.2, 0) is 31.9 Å². The van der Waals surface area contributed by atoms with Gasteiger partial charge in [0.15, 0.2) is 0 Å². The summed E-state index contributed by atoms with van der Waals surface area (Å²) in [6.45, 7) is 12.7. The Morgan fingerprint density at radius 3 is 1.88 bits per heavy atom. The molecule has 0 N–H and O–H groups in total. The summed E-state index contributed by atoms with van der Waals surface area (Å²) in [5.41, 5.74) is 4.05. The van der Waals surface area contributed by atoms with Crippen molar-refractivity contribution in [3.05, 3.63) is 34.4 Å². The lowest BCUT2D eigenvalue weighted by molar-refractivity contribution is -0.143. The predicted octanol–water partition coefficient (Wildman–Crippen LogP) is 4.14. The van der Waals surface area contributed by atoms with Crippen LogP contribution in [0.4, 0.5) is 0 Å². The van der Waals surface area contributed by atoms with Gasteiger partial charge in [-0.15, -0.1) is 0 Å². The van der Waals surface area contributed by atoms with Crippen LogP contribution in [0.25, 0.3) is 0 Å². The molecule has 24 heavy (non-hydrogen) atoms. The molecule has 0 heterocycles. The van der Waals surface area contributed by atoms with Crippen molar-refractivity contribution in [1.82, 2.24) is 0 Å². The molecule has 0 aliphatic carbocycles. The van der Waals surface area contributed by atoms with Gasteiger partial charge < -0.3 is 9.47 Å². The molecule has 0 spiro atoms. The van der Waals surface area contributed by atoms with Gasteiger partial charge in [-0.2, -0.15) is 0 Å². The first-order valence-corrected chi connectivity index (χ1v) is 8.76. The molecule has 4 heteroatoms. The van der Waals surface area contributed by atoms with Crippen LogP contribution in [0.2, 0.25) is 0 Å². The predicted molar refractivity (Wildman–Crippen MR) is 95.3 cm³/mol. The highest BCUT2D eigenvalue weighted by Gasteiger charge is 2.20. The minimum atomic E-state index is -0.266. The summed E-state index contributed by atoms with van der Waals surface area (Å²) in [5, 5.41) is 0. The molecule has 0 aliphatic heterocycles. The number of ether oxygens (including phenoxy) is 2. The average molecular weight is 334 g/mol. The highest BCUT2D eigenvalue weighted by molar-refractivity contribution is 5.77. The van der Waals surface area contributed by atoms with E-state index in [-0.39, 0.29) is 30.7 Å². The molecule has 0 saturated carbocycles. The molecule has 0 aromatic heterocycles. The fraction of sp³-hybridized carbons (Fsp3) is 0.600. The third-order valence-electron chi connectivity index (χ3n) is 3.95. The highest BCUT2D eigenvalue weighted by Crippen LogP contribution is 2.29. The molecule has 0 fully saturated rings. The molecular weight excluding hydrogens is 304 g/mol. The maximum absolute atomic E-state index is 12.0. The Hall–Kier alpha value is -1.84. The summed E-state index contributed by atoms with van der Waals surface area (Å²) in [6, 6.07) is 4.18. The standard InChI is InChI=1S/C20H30O4/c1-7-23-19(21)11-16-9-15(13(3)4)10-17(14(5)6)18(16)12-20(22)24-8-2/h9-10,13-14H,7-8,11-12H2,1-6H3. The van der Waals surface area contributed by atoms with Crippen molar-refractivity contribution in [2.24, 2.45) is 0 Å². The van der Waals surface area contributed by atoms with Gasteiger partial charge in [-0.1, -0.05) is 39.8 Å². The average Bonchev–Trinajstić information content (AvgIpc) is 2.48. The molecule has 0 saturated heterocycles. The van der Waals surface area contributed by atoms with Crippen molar-refractivity contribution in [3.63, 3.8) is 0 Å². The first-order chi connectivity index (χ1) is 11.3. The Bertz CT molecular complexity index is 573. The van der Waals surface area contributed by atoms with Gasteiger partial charge >= 0.3 is 11.9 Å². The van der Waals surface area contributed by atoms with Gasteiger partial charge in [0, 0.05) is 0 Å². The van der Waals surface area contributed by atoms with E-state index in [9.17, 15) is 9.59 Å². The Kier molecular flexibility index (Phi) is 7.96. The number of carbonyl (C=O) groups is 2. The van der Waals surface area contributed by atoms with E-state index in [1.807, 2.05) is 6.07 Å². The third-order valence-corrected chi connectivity index (χ3v) is 3.95. The number of carbonyl (C=O) groups excluding carboxylic acids is 2. The summed E-state index contributed by atoms with van der Waals surface area (Å²) in [5.74, 6) is 0.0780. The molecule has 1 aromatic rings. The Morgan fingerprint density at radius 2 is 1.42 bits per heavy atom. The monoisotopic (exact) mass is 334 g/mol. The molecule has 4 nitrogen and oxygen atoms in total. The normalized spacial score (nSPS) is 11.0. The van der Waals surface area contributed by atoms with Crippen LogP contribution in [0.15, 0.2) is 12.1 Å². The quantitative estimate of drug-likeness (QED) is 0.670. The van der Waals surface area contributed by atoms with Crippen LogP contribution >= 0.6 is 0 Å². The summed E-state index contributed by atoms with van der Waals surface area (Å²) in [4.78, 5) is 24.0. The Morgan fingerprint density at radius 1 is 0.875 bits per heavy atom. The van der Waals surface area contributed by atoms with E-state index < -0.39 is 0 Å². The summed E-state index contributed by atoms with van der Waals surface area (Å²) >= 11 is 0. The second-order valence-corrected chi connectivity index (χ2v) is 6.52. The fourth-order valence-corrected chi connectivity index (χ4v) is 2.73. The van der Waals surface area contributed by atoms with E-state index in [1.165, 1.54) is 5.56 Å². The lowest BCUT2D eigenvalue weighted by Gasteiger charge is -2.20. The van der Waals surface area contributed by atoms with Gasteiger partial charge in [0.1, 0.15) is 0 Å². The van der Waals surface area contributed by atoms with Crippen molar-refractivity contribution in [2.75, 3.05) is 13.2 Å². The Labute approximate surface area is 145 Å². The molecule has 1 rings (SSSR count). The van der Waals surface area contributed by atoms with Crippen molar-refractivity contribution >= 4 is 11.9 Å². The highest BCUT2D eigenvalue weighted by atomic mass is 16.5. The van der Waals surface area contributed by atoms with Crippen molar-refractivity contribution in [2.45, 2.75) is 66.2 Å². The molecular formula is C20H30O4. The van der Waals surface area contributed by atoms with Crippen molar-refractivity contribution < 1.29 is 19.1 Å². The first-order valence-electron chi connectivity index (χ1n) is 8.76. The molecule has 134 valence electrons. The van der Waals surface area contributed by atoms with Gasteiger partial charge in [0.25, 0.3) is 0 Å². The van der Waals surface area contributed by atoms with E-state index in [1.54, 1.807) is 13.8 Å². The van der Waals surface area contributed by atoms with E-state index in [0.29, 0.717) is 19.1 Å². The van der Waals surface area contributed by atoms with E-state index in [4.69, 9.17) is 9.47 Å². The molecule has 0 radical (unpaired) electrons. The minimum absolute atomic E-state index is 0.183. The first kappa shape index (κ1) is 20.2. The topological polar surface area (TPSA) is 52.6 Å². The minimum Gasteiger partial charge on any atom is -0.466 e. The zero-order valence-electron chi connectivity index (χ0n) is 15.8. The van der Waals surface area contributed by atoms with E-state index in [2.05, 4.69) is 33.8 Å². The second kappa shape index (κ2) is 9.45. The van der Waals surface area contributed by atoms with E-state index in [0.717, 1.165) is 16.7 Å². The van der Waals surface area contributed by atoms with Gasteiger partial charge in [0.05, 0.1) is 26.1 Å². The van der Waals surface area contributed by atoms with Crippen LogP contribution in [-0.4, -0.2) is 25.2 Å². The Balaban J connectivity index is 3.36. The van der Waals surface area contributed by atoms with Crippen molar-refractivity contribution in [1.29, 1.82) is 0 Å². The summed E-state index contributed by atoms with van der Waals surface area (Å²) < 4.78 is 10.2. The van der Waals surface area contributed by atoms with Crippen molar-refractivity contribution in [3.8, 4) is 0 Å². The third kappa shape index (κ3) is 5.66. The SMILES string of the molecule is CCOC(=O)Cc1cc(C(C)C)cc(C(C)C)c1CC(=O)OCC. The van der Waals surface area contributed by atoms with Gasteiger partial charge in [-0.05, 0) is 47.9 Å². The maximum atomic E-state index is 12.0.